The molecule has 2 saturated heterocycles. The minimum Gasteiger partial charge on any atom is -0.487 e. The summed E-state index contributed by atoms with van der Waals surface area (Å²) in [6, 6.07) is 15.0. The minimum absolute atomic E-state index is 0.0538. The van der Waals surface area contributed by atoms with Crippen LogP contribution in [0, 0.1) is 11.3 Å². The molecule has 1 aromatic heterocycles. The van der Waals surface area contributed by atoms with E-state index in [1.54, 1.807) is 10.5 Å². The van der Waals surface area contributed by atoms with Crippen LogP contribution in [0.25, 0.3) is 0 Å². The van der Waals surface area contributed by atoms with Crippen molar-refractivity contribution in [3.8, 4) is 5.75 Å². The van der Waals surface area contributed by atoms with Crippen LogP contribution in [0.15, 0.2) is 65.5 Å². The van der Waals surface area contributed by atoms with Crippen LogP contribution in [0.5, 0.6) is 5.75 Å². The van der Waals surface area contributed by atoms with Crippen LogP contribution >= 0.6 is 11.3 Å². The molecule has 5 rings (SSSR count). The molecule has 6 unspecified atom stereocenters. The van der Waals surface area contributed by atoms with Gasteiger partial charge in [-0.15, -0.1) is 11.3 Å². The lowest BCUT2D eigenvalue weighted by Crippen LogP contribution is -2.59. The fourth-order valence-corrected chi connectivity index (χ4v) is 6.52. The first-order valence-corrected chi connectivity index (χ1v) is 17.8. The van der Waals surface area contributed by atoms with E-state index in [4.69, 9.17) is 23.7 Å². The molecule has 4 N–H and O–H groups in total. The quantitative estimate of drug-likeness (QED) is 0.168. The van der Waals surface area contributed by atoms with Gasteiger partial charge in [-0.3, -0.25) is 10.2 Å². The maximum Gasteiger partial charge on any atom is 0.407 e. The number of hydrogen-bond acceptors (Lipinski definition) is 12. The van der Waals surface area contributed by atoms with E-state index in [9.17, 15) is 19.5 Å². The van der Waals surface area contributed by atoms with Crippen LogP contribution in [0.3, 0.4) is 0 Å². The van der Waals surface area contributed by atoms with Gasteiger partial charge in [0.1, 0.15) is 24.5 Å². The smallest absolute Gasteiger partial charge is 0.407 e. The Morgan fingerprint density at radius 1 is 1.04 bits per heavy atom. The molecule has 2 aromatic carbocycles. The van der Waals surface area contributed by atoms with Gasteiger partial charge in [0.05, 0.1) is 49.6 Å². The molecule has 6 atom stereocenters. The number of methoxy groups -OCH3 is 1. The molecular formula is C36H47N5O9S. The Kier molecular flexibility index (Phi) is 13.2. The van der Waals surface area contributed by atoms with E-state index in [-0.39, 0.29) is 38.3 Å². The average Bonchev–Trinajstić information content (AvgIpc) is 3.87. The second kappa shape index (κ2) is 17.8. The molecule has 14 nitrogen and oxygen atoms in total. The Hall–Kier alpha value is -4.28. The summed E-state index contributed by atoms with van der Waals surface area (Å²) < 4.78 is 27.6. The highest BCUT2D eigenvalue weighted by molar-refractivity contribution is 7.07. The normalized spacial score (nSPS) is 20.2. The van der Waals surface area contributed by atoms with Gasteiger partial charge in [0.2, 0.25) is 0 Å². The number of ether oxygens (including phenoxy) is 5. The van der Waals surface area contributed by atoms with E-state index < -0.39 is 47.8 Å². The Morgan fingerprint density at radius 2 is 1.80 bits per heavy atom. The molecule has 0 saturated carbocycles. The number of hydrogen-bond donors (Lipinski definition) is 4. The van der Waals surface area contributed by atoms with Gasteiger partial charge in [0.25, 0.3) is 5.91 Å². The summed E-state index contributed by atoms with van der Waals surface area (Å²) in [6.45, 7) is 6.70. The van der Waals surface area contributed by atoms with Gasteiger partial charge >= 0.3 is 12.2 Å². The topological polar surface area (TPSA) is 170 Å². The zero-order valence-electron chi connectivity index (χ0n) is 29.3. The van der Waals surface area contributed by atoms with E-state index in [1.807, 2.05) is 80.7 Å². The zero-order valence-corrected chi connectivity index (χ0v) is 30.1. The van der Waals surface area contributed by atoms with E-state index in [0.29, 0.717) is 19.0 Å². The number of carbonyl (C=O) groups excluding carboxylic acids is 3. The summed E-state index contributed by atoms with van der Waals surface area (Å²) in [5.74, 6) is 0.0983. The van der Waals surface area contributed by atoms with Gasteiger partial charge in [-0.05, 0) is 41.5 Å². The molecule has 2 aliphatic heterocycles. The van der Waals surface area contributed by atoms with Crippen LogP contribution in [-0.2, 0) is 43.3 Å². The van der Waals surface area contributed by atoms with Gasteiger partial charge in [0, 0.05) is 18.5 Å². The van der Waals surface area contributed by atoms with Crippen molar-refractivity contribution in [2.24, 2.45) is 11.3 Å². The van der Waals surface area contributed by atoms with Crippen molar-refractivity contribution in [1.82, 2.24) is 26.1 Å². The van der Waals surface area contributed by atoms with Crippen LogP contribution in [0.1, 0.15) is 44.0 Å². The number of nitrogens with zero attached hydrogens (tertiary/aromatic N) is 2. The Morgan fingerprint density at radius 3 is 2.49 bits per heavy atom. The third kappa shape index (κ3) is 11.1. The highest BCUT2D eigenvalue weighted by Gasteiger charge is 2.44. The Labute approximate surface area is 301 Å². The monoisotopic (exact) mass is 725 g/mol. The number of alkyl carbamates (subject to hydrolysis) is 2. The molecule has 2 aliphatic rings. The number of hydrazine groups is 1. The number of thiazole rings is 1. The summed E-state index contributed by atoms with van der Waals surface area (Å²) in [7, 11) is 1.23. The lowest BCUT2D eigenvalue weighted by Gasteiger charge is -2.34. The number of nitrogens with one attached hydrogen (secondary N) is 3. The summed E-state index contributed by atoms with van der Waals surface area (Å²) in [6.07, 6.45) is -2.54. The molecule has 51 heavy (non-hydrogen) atoms. The molecule has 3 heterocycles. The van der Waals surface area contributed by atoms with Crippen molar-refractivity contribution in [1.29, 1.82) is 0 Å². The third-order valence-electron chi connectivity index (χ3n) is 8.73. The number of carbonyl (C=O) groups is 3. The minimum atomic E-state index is -1.19. The molecule has 3 amide bonds. The van der Waals surface area contributed by atoms with Crippen molar-refractivity contribution in [2.45, 2.75) is 77.3 Å². The van der Waals surface area contributed by atoms with Gasteiger partial charge in [-0.25, -0.2) is 19.6 Å². The molecule has 0 aliphatic carbocycles. The van der Waals surface area contributed by atoms with Crippen molar-refractivity contribution in [3.05, 3.63) is 82.3 Å². The maximum absolute atomic E-state index is 13.7. The third-order valence-corrected chi connectivity index (χ3v) is 9.36. The summed E-state index contributed by atoms with van der Waals surface area (Å²) in [5, 5.41) is 20.8. The van der Waals surface area contributed by atoms with Crippen LogP contribution in [0.4, 0.5) is 9.59 Å². The fraction of sp³-hybridized carbons (Fsp3) is 0.500. The fourth-order valence-electron chi connectivity index (χ4n) is 5.97. The van der Waals surface area contributed by atoms with Gasteiger partial charge < -0.3 is 39.4 Å². The standard InChI is InChI=1S/C36H47N5O9S/c1-36(2,3)31(39-34(44)46-4)32(43)40-41(17-24-8-6-5-7-9-24)18-29(42)28(38-35(45)50-30-20-49-33-27(30)14-15-47-33)16-23-10-12-26(13-11-23)48-19-25-21-51-22-37-25/h5-13,21-22,27-31,33,42H,14-20H2,1-4H3,(H,38,45)(H,39,44)(H,40,43). The molecule has 15 heteroatoms. The van der Waals surface area contributed by atoms with Crippen LogP contribution in [-0.4, -0.2) is 90.6 Å². The van der Waals surface area contributed by atoms with E-state index >= 15 is 0 Å². The van der Waals surface area contributed by atoms with Gasteiger partial charge in [0.15, 0.2) is 6.29 Å². The van der Waals surface area contributed by atoms with Gasteiger partial charge in [-0.1, -0.05) is 63.2 Å². The first-order valence-electron chi connectivity index (χ1n) is 16.9. The largest absolute Gasteiger partial charge is 0.487 e. The van der Waals surface area contributed by atoms with E-state index in [2.05, 4.69) is 21.0 Å². The molecular weight excluding hydrogens is 678 g/mol. The number of rotatable bonds is 15. The summed E-state index contributed by atoms with van der Waals surface area (Å²) in [4.78, 5) is 43.4. The molecule has 0 spiro atoms. The molecule has 2 fully saturated rings. The van der Waals surface area contributed by atoms with Crippen molar-refractivity contribution in [2.75, 3.05) is 26.9 Å². The molecule has 276 valence electrons. The average molecular weight is 726 g/mol. The number of aliphatic hydroxyl groups is 1. The SMILES string of the molecule is COC(=O)NC(C(=O)NN(Cc1ccccc1)CC(O)C(Cc1ccc(OCc2cscn2)cc1)NC(=O)OC1COC2OCCC12)C(C)(C)C. The first-order chi connectivity index (χ1) is 24.5. The maximum atomic E-state index is 13.7. The lowest BCUT2D eigenvalue weighted by atomic mass is 9.86. The van der Waals surface area contributed by atoms with Crippen molar-refractivity contribution < 1.29 is 43.2 Å². The van der Waals surface area contributed by atoms with Gasteiger partial charge in [-0.2, -0.15) is 0 Å². The second-order valence-corrected chi connectivity index (χ2v) is 14.4. The molecule has 3 aromatic rings. The number of aromatic nitrogens is 1. The number of amides is 3. The van der Waals surface area contributed by atoms with Crippen LogP contribution < -0.4 is 20.8 Å². The number of aliphatic hydroxyl groups excluding tert-OH is 1. The Balaban J connectivity index is 1.32. The Bertz CT molecular complexity index is 1560. The van der Waals surface area contributed by atoms with E-state index in [1.165, 1.54) is 18.4 Å². The van der Waals surface area contributed by atoms with Crippen molar-refractivity contribution in [3.63, 3.8) is 0 Å². The number of benzene rings is 2. The second-order valence-electron chi connectivity index (χ2n) is 13.7. The first kappa shape index (κ1) is 38.0. The van der Waals surface area contributed by atoms with E-state index in [0.717, 1.165) is 23.2 Å². The molecule has 0 radical (unpaired) electrons. The van der Waals surface area contributed by atoms with Crippen LogP contribution in [0.2, 0.25) is 0 Å². The highest BCUT2D eigenvalue weighted by Crippen LogP contribution is 2.33. The highest BCUT2D eigenvalue weighted by atomic mass is 32.1. The zero-order chi connectivity index (χ0) is 36.4. The number of fused-ring (bicyclic) bond motifs is 1. The van der Waals surface area contributed by atoms with Crippen molar-refractivity contribution >= 4 is 29.4 Å². The molecule has 0 bridgehead atoms. The summed E-state index contributed by atoms with van der Waals surface area (Å²) >= 11 is 1.50. The lowest BCUT2D eigenvalue weighted by molar-refractivity contribution is -0.131. The predicted molar refractivity (Wildman–Crippen MR) is 187 cm³/mol. The predicted octanol–water partition coefficient (Wildman–Crippen LogP) is 3.79. The summed E-state index contributed by atoms with van der Waals surface area (Å²) in [5.41, 5.74) is 6.49.